The van der Waals surface area contributed by atoms with E-state index in [4.69, 9.17) is 23.7 Å². The second-order valence-electron chi connectivity index (χ2n) is 10.00. The molecule has 7 nitrogen and oxygen atoms in total. The van der Waals surface area contributed by atoms with Crippen LogP contribution in [-0.4, -0.2) is 65.0 Å². The molecule has 1 atom stereocenters. The number of fused-ring (bicyclic) bond motifs is 3. The van der Waals surface area contributed by atoms with Crippen molar-refractivity contribution in [3.63, 3.8) is 0 Å². The molecule has 0 aliphatic carbocycles. The predicted molar refractivity (Wildman–Crippen MR) is 142 cm³/mol. The zero-order valence-corrected chi connectivity index (χ0v) is 22.4. The molecule has 0 saturated carbocycles. The molecule has 7 heteroatoms. The zero-order chi connectivity index (χ0) is 26.0. The maximum Gasteiger partial charge on any atom is 0.225 e. The molecule has 0 unspecified atom stereocenters. The molecule has 1 saturated heterocycles. The number of ether oxygens (including phenoxy) is 5. The fourth-order valence-corrected chi connectivity index (χ4v) is 5.30. The number of hydrogen-bond acceptors (Lipinski definition) is 6. The third-order valence-electron chi connectivity index (χ3n) is 7.19. The quantitative estimate of drug-likeness (QED) is 0.399. The van der Waals surface area contributed by atoms with Crippen LogP contribution in [-0.2, 0) is 16.0 Å². The van der Waals surface area contributed by atoms with E-state index in [0.717, 1.165) is 39.9 Å². The van der Waals surface area contributed by atoms with Crippen LogP contribution in [0.3, 0.4) is 0 Å². The lowest BCUT2D eigenvalue weighted by Crippen LogP contribution is -2.42. The molecule has 3 aromatic rings. The number of likely N-dealkylation sites (N-methyl/N-ethyl adjacent to an activating group) is 1. The van der Waals surface area contributed by atoms with Gasteiger partial charge in [-0.2, -0.15) is 0 Å². The highest BCUT2D eigenvalue weighted by Gasteiger charge is 2.34. The molecule has 1 aliphatic heterocycles. The van der Waals surface area contributed by atoms with Crippen LogP contribution in [0.15, 0.2) is 30.3 Å². The van der Waals surface area contributed by atoms with Crippen molar-refractivity contribution in [3.8, 4) is 23.0 Å². The molecule has 0 N–H and O–H groups in total. The number of hydrogen-bond donors (Lipinski definition) is 0. The normalized spacial score (nSPS) is 17.1. The summed E-state index contributed by atoms with van der Waals surface area (Å²) < 4.78 is 28.5. The standard InChI is InChI=1S/C29H37NO6/c1-29(2)17-20(11-13-36-29)28(31)30(3)12-10-19-15-25(34-6)27(35-7)26-21(19)9-8-18-14-23(32-4)24(33-5)16-22(18)26/h8-9,14-16,20H,10-13,17H2,1-7H3/t20-/m0/s1. The van der Waals surface area contributed by atoms with Crippen molar-refractivity contribution < 1.29 is 28.5 Å². The monoisotopic (exact) mass is 495 g/mol. The minimum absolute atomic E-state index is 0.00714. The number of nitrogens with zero attached hydrogens (tertiary/aromatic N) is 1. The Bertz CT molecular complexity index is 1270. The van der Waals surface area contributed by atoms with E-state index in [1.165, 1.54) is 0 Å². The van der Waals surface area contributed by atoms with Gasteiger partial charge < -0.3 is 28.6 Å². The van der Waals surface area contributed by atoms with Gasteiger partial charge in [0.1, 0.15) is 0 Å². The van der Waals surface area contributed by atoms with Gasteiger partial charge in [-0.1, -0.05) is 12.1 Å². The molecule has 0 aromatic heterocycles. The molecule has 194 valence electrons. The molecule has 1 fully saturated rings. The van der Waals surface area contributed by atoms with Crippen LogP contribution in [0, 0.1) is 5.92 Å². The van der Waals surface area contributed by atoms with E-state index < -0.39 is 0 Å². The van der Waals surface area contributed by atoms with Gasteiger partial charge in [0.05, 0.1) is 34.0 Å². The van der Waals surface area contributed by atoms with Crippen molar-refractivity contribution in [1.29, 1.82) is 0 Å². The van der Waals surface area contributed by atoms with Gasteiger partial charge in [-0.3, -0.25) is 4.79 Å². The number of carbonyl (C=O) groups excluding carboxylic acids is 1. The largest absolute Gasteiger partial charge is 0.493 e. The van der Waals surface area contributed by atoms with Gasteiger partial charge in [-0.05, 0) is 73.0 Å². The Balaban J connectivity index is 1.72. The first-order valence-electron chi connectivity index (χ1n) is 12.3. The van der Waals surface area contributed by atoms with Crippen LogP contribution >= 0.6 is 0 Å². The van der Waals surface area contributed by atoms with Crippen LogP contribution in [0.1, 0.15) is 32.3 Å². The van der Waals surface area contributed by atoms with Crippen LogP contribution in [0.2, 0.25) is 0 Å². The predicted octanol–water partition coefficient (Wildman–Crippen LogP) is 5.23. The van der Waals surface area contributed by atoms with Crippen molar-refractivity contribution in [2.45, 2.75) is 38.7 Å². The van der Waals surface area contributed by atoms with E-state index >= 15 is 0 Å². The van der Waals surface area contributed by atoms with Crippen LogP contribution in [0.4, 0.5) is 0 Å². The Morgan fingerprint density at radius 3 is 2.31 bits per heavy atom. The first kappa shape index (κ1) is 25.9. The molecule has 0 bridgehead atoms. The maximum absolute atomic E-state index is 13.2. The van der Waals surface area contributed by atoms with Gasteiger partial charge in [-0.15, -0.1) is 0 Å². The minimum Gasteiger partial charge on any atom is -0.493 e. The van der Waals surface area contributed by atoms with Crippen LogP contribution in [0.25, 0.3) is 21.5 Å². The molecule has 1 heterocycles. The second kappa shape index (κ2) is 10.4. The highest BCUT2D eigenvalue weighted by atomic mass is 16.5. The van der Waals surface area contributed by atoms with Crippen molar-refractivity contribution in [1.82, 2.24) is 4.90 Å². The van der Waals surface area contributed by atoms with Crippen LogP contribution < -0.4 is 18.9 Å². The summed E-state index contributed by atoms with van der Waals surface area (Å²) in [6.45, 7) is 5.33. The number of methoxy groups -OCH3 is 4. The van der Waals surface area contributed by atoms with E-state index in [2.05, 4.69) is 26.0 Å². The Hall–Kier alpha value is -3.19. The van der Waals surface area contributed by atoms with Crippen molar-refractivity contribution in [2.24, 2.45) is 5.92 Å². The highest BCUT2D eigenvalue weighted by molar-refractivity contribution is 6.13. The fraction of sp³-hybridized carbons (Fsp3) is 0.483. The summed E-state index contributed by atoms with van der Waals surface area (Å²) in [5.74, 6) is 2.81. The summed E-state index contributed by atoms with van der Waals surface area (Å²) in [6.07, 6.45) is 2.19. The molecule has 1 aliphatic rings. The SMILES string of the molecule is COc1cc2ccc3c(CCN(C)C(=O)[C@H]4CCOC(C)(C)C4)cc(OC)c(OC)c3c2cc1OC. The third kappa shape index (κ3) is 4.89. The van der Waals surface area contributed by atoms with Crippen molar-refractivity contribution >= 4 is 27.5 Å². The van der Waals surface area contributed by atoms with Gasteiger partial charge in [0.15, 0.2) is 23.0 Å². The zero-order valence-electron chi connectivity index (χ0n) is 22.4. The summed E-state index contributed by atoms with van der Waals surface area (Å²) >= 11 is 0. The highest BCUT2D eigenvalue weighted by Crippen LogP contribution is 2.44. The molecule has 0 spiro atoms. The fourth-order valence-electron chi connectivity index (χ4n) is 5.30. The average Bonchev–Trinajstić information content (AvgIpc) is 2.88. The number of rotatable bonds is 8. The topological polar surface area (TPSA) is 66.5 Å². The van der Waals surface area contributed by atoms with Crippen LogP contribution in [0.5, 0.6) is 23.0 Å². The van der Waals surface area contributed by atoms with Crippen molar-refractivity contribution in [3.05, 3.63) is 35.9 Å². The van der Waals surface area contributed by atoms with Gasteiger partial charge in [0, 0.05) is 31.5 Å². The van der Waals surface area contributed by atoms with Gasteiger partial charge in [-0.25, -0.2) is 0 Å². The van der Waals surface area contributed by atoms with E-state index in [1.807, 2.05) is 30.1 Å². The van der Waals surface area contributed by atoms with Gasteiger partial charge in [0.2, 0.25) is 5.91 Å². The summed E-state index contributed by atoms with van der Waals surface area (Å²) in [5.41, 5.74) is 0.829. The average molecular weight is 496 g/mol. The molecule has 0 radical (unpaired) electrons. The minimum atomic E-state index is -0.260. The lowest BCUT2D eigenvalue weighted by atomic mass is 9.87. The Kier molecular flexibility index (Phi) is 7.50. The molecule has 4 rings (SSSR count). The number of benzene rings is 3. The van der Waals surface area contributed by atoms with E-state index in [-0.39, 0.29) is 17.4 Å². The number of amides is 1. The van der Waals surface area contributed by atoms with Gasteiger partial charge >= 0.3 is 0 Å². The summed E-state index contributed by atoms with van der Waals surface area (Å²) in [4.78, 5) is 15.1. The lowest BCUT2D eigenvalue weighted by molar-refractivity contribution is -0.144. The third-order valence-corrected chi connectivity index (χ3v) is 7.19. The first-order valence-corrected chi connectivity index (χ1v) is 12.3. The molecular formula is C29H37NO6. The number of carbonyl (C=O) groups is 1. The van der Waals surface area contributed by atoms with Gasteiger partial charge in [0.25, 0.3) is 0 Å². The Labute approximate surface area is 213 Å². The first-order chi connectivity index (χ1) is 17.2. The van der Waals surface area contributed by atoms with E-state index in [1.54, 1.807) is 28.4 Å². The van der Waals surface area contributed by atoms with E-state index in [9.17, 15) is 4.79 Å². The van der Waals surface area contributed by atoms with Crippen molar-refractivity contribution in [2.75, 3.05) is 48.6 Å². The lowest BCUT2D eigenvalue weighted by Gasteiger charge is -2.36. The smallest absolute Gasteiger partial charge is 0.225 e. The maximum atomic E-state index is 13.2. The molecular weight excluding hydrogens is 458 g/mol. The molecule has 1 amide bonds. The summed E-state index contributed by atoms with van der Waals surface area (Å²) in [5, 5.41) is 3.99. The Morgan fingerprint density at radius 1 is 0.972 bits per heavy atom. The Morgan fingerprint density at radius 2 is 1.67 bits per heavy atom. The molecule has 36 heavy (non-hydrogen) atoms. The second-order valence-corrected chi connectivity index (χ2v) is 10.00. The summed E-state index contributed by atoms with van der Waals surface area (Å²) in [7, 11) is 8.44. The summed E-state index contributed by atoms with van der Waals surface area (Å²) in [6, 6.07) is 10.1. The molecule has 3 aromatic carbocycles. The van der Waals surface area contributed by atoms with E-state index in [0.29, 0.717) is 42.6 Å².